The number of quaternary nitrogens is 1. The van der Waals surface area contributed by atoms with Crippen molar-refractivity contribution in [2.24, 2.45) is 0 Å². The van der Waals surface area contributed by atoms with Crippen LogP contribution in [0.5, 0.6) is 0 Å². The van der Waals surface area contributed by atoms with E-state index in [0.717, 1.165) is 12.1 Å². The molecule has 3 aromatic carbocycles. The highest BCUT2D eigenvalue weighted by molar-refractivity contribution is 5.99. The van der Waals surface area contributed by atoms with E-state index < -0.39 is 0 Å². The third-order valence-electron chi connectivity index (χ3n) is 8.83. The molecule has 6 rings (SSSR count). The minimum atomic E-state index is 0.871. The number of fused-ring (bicyclic) bond motifs is 2. The summed E-state index contributed by atoms with van der Waals surface area (Å²) in [5.74, 6) is 0. The van der Waals surface area contributed by atoms with Crippen molar-refractivity contribution in [2.45, 2.75) is 89.4 Å². The van der Waals surface area contributed by atoms with Crippen LogP contribution in [0.15, 0.2) is 60.7 Å². The number of hydrogen-bond acceptors (Lipinski definition) is 0. The van der Waals surface area contributed by atoms with Crippen LogP contribution < -0.4 is 0 Å². The van der Waals surface area contributed by atoms with E-state index in [1.165, 1.54) is 104 Å². The molecular formula is C30H36N+. The fourth-order valence-corrected chi connectivity index (χ4v) is 7.38. The first-order valence-electron chi connectivity index (χ1n) is 12.8. The molecule has 1 aliphatic heterocycles. The fourth-order valence-electron chi connectivity index (χ4n) is 7.38. The zero-order valence-corrected chi connectivity index (χ0v) is 18.9. The summed E-state index contributed by atoms with van der Waals surface area (Å²) < 4.78 is 1.38. The average Bonchev–Trinajstić information content (AvgIpc) is 3.24. The molecule has 160 valence electrons. The van der Waals surface area contributed by atoms with Crippen LogP contribution in [0.3, 0.4) is 0 Å². The van der Waals surface area contributed by atoms with Crippen LogP contribution >= 0.6 is 0 Å². The Morgan fingerprint density at radius 3 is 1.90 bits per heavy atom. The Hall–Kier alpha value is -2.12. The molecule has 0 bridgehead atoms. The number of rotatable bonds is 3. The molecule has 0 unspecified atom stereocenters. The summed E-state index contributed by atoms with van der Waals surface area (Å²) in [7, 11) is 0. The van der Waals surface area contributed by atoms with E-state index in [1.54, 1.807) is 11.1 Å². The first-order valence-corrected chi connectivity index (χ1v) is 12.8. The summed E-state index contributed by atoms with van der Waals surface area (Å²) >= 11 is 0. The smallest absolute Gasteiger partial charge is 0.106 e. The maximum absolute atomic E-state index is 2.56. The molecule has 1 heteroatoms. The maximum Gasteiger partial charge on any atom is 0.106 e. The van der Waals surface area contributed by atoms with Crippen LogP contribution in [0.25, 0.3) is 21.9 Å². The molecule has 3 aromatic rings. The molecule has 0 spiro atoms. The third-order valence-corrected chi connectivity index (χ3v) is 8.83. The van der Waals surface area contributed by atoms with Crippen molar-refractivity contribution < 1.29 is 4.48 Å². The topological polar surface area (TPSA) is 0 Å². The van der Waals surface area contributed by atoms with Gasteiger partial charge in [-0.2, -0.15) is 0 Å². The molecule has 31 heavy (non-hydrogen) atoms. The molecule has 1 nitrogen and oxygen atoms in total. The van der Waals surface area contributed by atoms with Crippen molar-refractivity contribution in [3.05, 3.63) is 71.8 Å². The van der Waals surface area contributed by atoms with E-state index in [-0.39, 0.29) is 0 Å². The van der Waals surface area contributed by atoms with Gasteiger partial charge in [0.2, 0.25) is 0 Å². The lowest BCUT2D eigenvalue weighted by Gasteiger charge is -2.50. The zero-order chi connectivity index (χ0) is 20.7. The Morgan fingerprint density at radius 1 is 0.613 bits per heavy atom. The van der Waals surface area contributed by atoms with Crippen molar-refractivity contribution in [3.8, 4) is 11.1 Å². The molecule has 1 heterocycles. The minimum Gasteiger partial charge on any atom is -0.311 e. The number of nitrogens with zero attached hydrogens (tertiary/aromatic N) is 1. The van der Waals surface area contributed by atoms with Gasteiger partial charge in [0.1, 0.15) is 13.1 Å². The molecule has 0 N–H and O–H groups in total. The van der Waals surface area contributed by atoms with Crippen LogP contribution in [-0.4, -0.2) is 16.6 Å². The highest BCUT2D eigenvalue weighted by Gasteiger charge is 2.49. The SMILES string of the molecule is c1ccc(-c2c3c(cc4ccccc24)C[N+](C2CCCCC2)(C2CCCCC2)C3)cc1. The van der Waals surface area contributed by atoms with Gasteiger partial charge >= 0.3 is 0 Å². The van der Waals surface area contributed by atoms with E-state index in [4.69, 9.17) is 0 Å². The second kappa shape index (κ2) is 8.10. The predicted octanol–water partition coefficient (Wildman–Crippen LogP) is 8.00. The van der Waals surface area contributed by atoms with Crippen LogP contribution in [-0.2, 0) is 13.1 Å². The van der Waals surface area contributed by atoms with E-state index in [2.05, 4.69) is 60.7 Å². The molecule has 3 aliphatic rings. The summed E-state index contributed by atoms with van der Waals surface area (Å²) in [4.78, 5) is 0. The lowest BCUT2D eigenvalue weighted by molar-refractivity contribution is -0.994. The van der Waals surface area contributed by atoms with Gasteiger partial charge in [0.15, 0.2) is 0 Å². The average molecular weight is 411 g/mol. The zero-order valence-electron chi connectivity index (χ0n) is 18.9. The molecule has 0 aromatic heterocycles. The maximum atomic E-state index is 2.56. The van der Waals surface area contributed by atoms with Crippen molar-refractivity contribution in [3.63, 3.8) is 0 Å². The summed E-state index contributed by atoms with van der Waals surface area (Å²) in [6.45, 7) is 2.54. The monoisotopic (exact) mass is 410 g/mol. The molecule has 0 saturated heterocycles. The van der Waals surface area contributed by atoms with Gasteiger partial charge in [0.05, 0.1) is 12.1 Å². The van der Waals surface area contributed by atoms with Gasteiger partial charge in [-0.05, 0) is 79.3 Å². The highest BCUT2D eigenvalue weighted by Crippen LogP contribution is 2.48. The van der Waals surface area contributed by atoms with Gasteiger partial charge in [-0.1, -0.05) is 67.4 Å². The second-order valence-electron chi connectivity index (χ2n) is 10.5. The molecule has 2 saturated carbocycles. The number of benzene rings is 3. The summed E-state index contributed by atoms with van der Waals surface area (Å²) in [6, 6.07) is 24.7. The lowest BCUT2D eigenvalue weighted by Crippen LogP contribution is -2.58. The molecule has 0 radical (unpaired) electrons. The van der Waals surface area contributed by atoms with Crippen LogP contribution in [0.2, 0.25) is 0 Å². The van der Waals surface area contributed by atoms with Gasteiger partial charge in [0, 0.05) is 11.1 Å². The molecule has 0 atom stereocenters. The summed E-state index contributed by atoms with van der Waals surface area (Å²) in [5, 5.41) is 2.87. The second-order valence-corrected chi connectivity index (χ2v) is 10.5. The Labute approximate surface area is 187 Å². The van der Waals surface area contributed by atoms with Gasteiger partial charge < -0.3 is 4.48 Å². The van der Waals surface area contributed by atoms with Crippen molar-refractivity contribution >= 4 is 10.8 Å². The first kappa shape index (κ1) is 19.6. The van der Waals surface area contributed by atoms with Crippen molar-refractivity contribution in [1.29, 1.82) is 0 Å². The standard InChI is InChI=1S/C30H36N/c1-4-12-23(13-5-1)30-28-19-11-10-14-24(28)20-25-21-31(22-29(25)30,26-15-6-2-7-16-26)27-17-8-3-9-18-27/h1,4-5,10-14,19-20,26-27H,2-3,6-9,15-18,21-22H2/q+1. The van der Waals surface area contributed by atoms with Gasteiger partial charge in [-0.25, -0.2) is 0 Å². The highest BCUT2D eigenvalue weighted by atomic mass is 15.4. The Kier molecular flexibility index (Phi) is 5.11. The normalized spacial score (nSPS) is 21.9. The fraction of sp³-hybridized carbons (Fsp3) is 0.467. The largest absolute Gasteiger partial charge is 0.311 e. The van der Waals surface area contributed by atoms with E-state index in [9.17, 15) is 0 Å². The molecule has 2 aliphatic carbocycles. The van der Waals surface area contributed by atoms with E-state index in [1.807, 2.05) is 0 Å². The van der Waals surface area contributed by atoms with Gasteiger partial charge in [-0.3, -0.25) is 0 Å². The third kappa shape index (κ3) is 3.33. The van der Waals surface area contributed by atoms with Crippen LogP contribution in [0.4, 0.5) is 0 Å². The molecule has 2 fully saturated rings. The van der Waals surface area contributed by atoms with Crippen molar-refractivity contribution in [2.75, 3.05) is 0 Å². The van der Waals surface area contributed by atoms with E-state index >= 15 is 0 Å². The Bertz CT molecular complexity index is 1040. The summed E-state index contributed by atoms with van der Waals surface area (Å²) in [6.07, 6.45) is 14.5. The van der Waals surface area contributed by atoms with Crippen LogP contribution in [0.1, 0.15) is 75.3 Å². The molecular weight excluding hydrogens is 374 g/mol. The lowest BCUT2D eigenvalue weighted by atomic mass is 9.86. The first-order chi connectivity index (χ1) is 15.4. The van der Waals surface area contributed by atoms with Gasteiger partial charge in [-0.15, -0.1) is 0 Å². The Balaban J connectivity index is 1.52. The van der Waals surface area contributed by atoms with Gasteiger partial charge in [0.25, 0.3) is 0 Å². The number of hydrogen-bond donors (Lipinski definition) is 0. The minimum absolute atomic E-state index is 0.871. The Morgan fingerprint density at radius 2 is 1.23 bits per heavy atom. The predicted molar refractivity (Wildman–Crippen MR) is 131 cm³/mol. The van der Waals surface area contributed by atoms with E-state index in [0.29, 0.717) is 0 Å². The van der Waals surface area contributed by atoms with Crippen LogP contribution in [0, 0.1) is 0 Å². The molecule has 0 amide bonds. The summed E-state index contributed by atoms with van der Waals surface area (Å²) in [5.41, 5.74) is 6.25. The quantitative estimate of drug-likeness (QED) is 0.384. The van der Waals surface area contributed by atoms with Crippen molar-refractivity contribution in [1.82, 2.24) is 0 Å².